The lowest BCUT2D eigenvalue weighted by atomic mass is 10.0. The van der Waals surface area contributed by atoms with E-state index in [1.165, 1.54) is 4.88 Å². The SMILES string of the molecule is CN(C(=O)CCc1ccc(Cl)s1)C1CCNCC1.Cl. The summed E-state index contributed by atoms with van der Waals surface area (Å²) in [6.45, 7) is 2.03. The zero-order chi connectivity index (χ0) is 13.0. The molecule has 1 amide bonds. The van der Waals surface area contributed by atoms with Gasteiger partial charge in [0, 0.05) is 24.4 Å². The standard InChI is InChI=1S/C13H19ClN2OS.ClH/c1-16(10-6-8-15-9-7-10)13(17)5-3-11-2-4-12(14)18-11;/h2,4,10,15H,3,5-9H2,1H3;1H. The zero-order valence-electron chi connectivity index (χ0n) is 11.0. The molecule has 1 N–H and O–H groups in total. The van der Waals surface area contributed by atoms with Gasteiger partial charge in [0.15, 0.2) is 0 Å². The quantitative estimate of drug-likeness (QED) is 0.924. The Kier molecular flexibility index (Phi) is 7.15. The van der Waals surface area contributed by atoms with Crippen LogP contribution in [0.25, 0.3) is 0 Å². The second-order valence-electron chi connectivity index (χ2n) is 4.69. The highest BCUT2D eigenvalue weighted by atomic mass is 35.5. The zero-order valence-corrected chi connectivity index (χ0v) is 13.4. The minimum atomic E-state index is 0. The van der Waals surface area contributed by atoms with E-state index in [0.717, 1.165) is 36.7 Å². The number of amides is 1. The van der Waals surface area contributed by atoms with Crippen molar-refractivity contribution in [1.29, 1.82) is 0 Å². The highest BCUT2D eigenvalue weighted by molar-refractivity contribution is 7.16. The summed E-state index contributed by atoms with van der Waals surface area (Å²) in [6, 6.07) is 4.30. The Morgan fingerprint density at radius 1 is 1.47 bits per heavy atom. The van der Waals surface area contributed by atoms with Crippen molar-refractivity contribution in [3.63, 3.8) is 0 Å². The van der Waals surface area contributed by atoms with Crippen molar-refractivity contribution in [1.82, 2.24) is 10.2 Å². The number of nitrogens with one attached hydrogen (secondary N) is 1. The van der Waals surface area contributed by atoms with Crippen molar-refractivity contribution < 1.29 is 4.79 Å². The summed E-state index contributed by atoms with van der Waals surface area (Å²) < 4.78 is 0.796. The maximum atomic E-state index is 12.1. The van der Waals surface area contributed by atoms with E-state index in [1.54, 1.807) is 11.3 Å². The minimum Gasteiger partial charge on any atom is -0.343 e. The maximum absolute atomic E-state index is 12.1. The summed E-state index contributed by atoms with van der Waals surface area (Å²) in [5.41, 5.74) is 0. The van der Waals surface area contributed by atoms with E-state index in [2.05, 4.69) is 5.32 Å². The first-order valence-electron chi connectivity index (χ1n) is 6.37. The van der Waals surface area contributed by atoms with Gasteiger partial charge in [-0.1, -0.05) is 11.6 Å². The van der Waals surface area contributed by atoms with E-state index in [-0.39, 0.29) is 18.3 Å². The fourth-order valence-corrected chi connectivity index (χ4v) is 3.38. The Hall–Kier alpha value is -0.290. The van der Waals surface area contributed by atoms with Gasteiger partial charge in [-0.25, -0.2) is 0 Å². The van der Waals surface area contributed by atoms with Gasteiger partial charge in [0.1, 0.15) is 0 Å². The highest BCUT2D eigenvalue weighted by Gasteiger charge is 2.21. The summed E-state index contributed by atoms with van der Waals surface area (Å²) in [5, 5.41) is 3.32. The summed E-state index contributed by atoms with van der Waals surface area (Å²) in [7, 11) is 1.93. The van der Waals surface area contributed by atoms with Crippen LogP contribution >= 0.6 is 35.3 Å². The van der Waals surface area contributed by atoms with Crippen molar-refractivity contribution in [2.75, 3.05) is 20.1 Å². The summed E-state index contributed by atoms with van der Waals surface area (Å²) in [4.78, 5) is 15.2. The van der Waals surface area contributed by atoms with Crippen molar-refractivity contribution in [2.45, 2.75) is 31.7 Å². The molecule has 2 heterocycles. The molecule has 0 aromatic carbocycles. The molecule has 0 unspecified atom stereocenters. The van der Waals surface area contributed by atoms with Crippen LogP contribution in [0.2, 0.25) is 4.34 Å². The van der Waals surface area contributed by atoms with Crippen LogP contribution in [0.3, 0.4) is 0 Å². The first kappa shape index (κ1) is 16.8. The van der Waals surface area contributed by atoms with Gasteiger partial charge in [-0.05, 0) is 44.5 Å². The molecule has 0 bridgehead atoms. The molecule has 0 radical (unpaired) electrons. The van der Waals surface area contributed by atoms with Gasteiger partial charge in [0.25, 0.3) is 0 Å². The molecule has 19 heavy (non-hydrogen) atoms. The van der Waals surface area contributed by atoms with E-state index in [9.17, 15) is 4.79 Å². The topological polar surface area (TPSA) is 32.3 Å². The monoisotopic (exact) mass is 322 g/mol. The summed E-state index contributed by atoms with van der Waals surface area (Å²) >= 11 is 7.44. The van der Waals surface area contributed by atoms with E-state index in [1.807, 2.05) is 24.1 Å². The van der Waals surface area contributed by atoms with Gasteiger partial charge in [-0.15, -0.1) is 23.7 Å². The summed E-state index contributed by atoms with van der Waals surface area (Å²) in [6.07, 6.45) is 3.50. The number of piperidine rings is 1. The predicted octanol–water partition coefficient (Wildman–Crippen LogP) is 2.97. The molecule has 1 aromatic heterocycles. The normalized spacial score (nSPS) is 15.9. The van der Waals surface area contributed by atoms with Crippen LogP contribution in [0.4, 0.5) is 0 Å². The number of thiophene rings is 1. The number of halogens is 2. The van der Waals surface area contributed by atoms with Gasteiger partial charge >= 0.3 is 0 Å². The van der Waals surface area contributed by atoms with Gasteiger partial charge in [-0.3, -0.25) is 4.79 Å². The van der Waals surface area contributed by atoms with Gasteiger partial charge in [0.05, 0.1) is 4.34 Å². The number of carbonyl (C=O) groups is 1. The third-order valence-electron chi connectivity index (χ3n) is 3.46. The van der Waals surface area contributed by atoms with Crippen LogP contribution in [0.15, 0.2) is 12.1 Å². The van der Waals surface area contributed by atoms with E-state index in [0.29, 0.717) is 12.5 Å². The molecule has 1 aromatic rings. The lowest BCUT2D eigenvalue weighted by molar-refractivity contribution is -0.132. The Morgan fingerprint density at radius 3 is 2.74 bits per heavy atom. The van der Waals surface area contributed by atoms with Crippen molar-refractivity contribution in [2.24, 2.45) is 0 Å². The molecular formula is C13H20Cl2N2OS. The average Bonchev–Trinajstić information content (AvgIpc) is 2.82. The van der Waals surface area contributed by atoms with Crippen LogP contribution in [0.1, 0.15) is 24.1 Å². The Balaban J connectivity index is 0.00000180. The number of hydrogen-bond acceptors (Lipinski definition) is 3. The molecular weight excluding hydrogens is 303 g/mol. The number of hydrogen-bond donors (Lipinski definition) is 1. The number of carbonyl (C=O) groups excluding carboxylic acids is 1. The first-order chi connectivity index (χ1) is 8.66. The molecule has 3 nitrogen and oxygen atoms in total. The third kappa shape index (κ3) is 4.95. The molecule has 2 rings (SSSR count). The largest absolute Gasteiger partial charge is 0.343 e. The lowest BCUT2D eigenvalue weighted by Gasteiger charge is -2.31. The van der Waals surface area contributed by atoms with E-state index >= 15 is 0 Å². The Morgan fingerprint density at radius 2 is 2.16 bits per heavy atom. The van der Waals surface area contributed by atoms with E-state index < -0.39 is 0 Å². The second-order valence-corrected chi connectivity index (χ2v) is 6.49. The molecule has 0 atom stereocenters. The molecule has 1 saturated heterocycles. The number of rotatable bonds is 4. The molecule has 6 heteroatoms. The molecule has 1 aliphatic heterocycles. The molecule has 1 aliphatic rings. The molecule has 0 spiro atoms. The third-order valence-corrected chi connectivity index (χ3v) is 4.75. The molecule has 0 saturated carbocycles. The second kappa shape index (κ2) is 8.10. The smallest absolute Gasteiger partial charge is 0.222 e. The molecule has 108 valence electrons. The van der Waals surface area contributed by atoms with Gasteiger partial charge in [-0.2, -0.15) is 0 Å². The highest BCUT2D eigenvalue weighted by Crippen LogP contribution is 2.23. The van der Waals surface area contributed by atoms with Gasteiger partial charge in [0.2, 0.25) is 5.91 Å². The van der Waals surface area contributed by atoms with Crippen LogP contribution in [0.5, 0.6) is 0 Å². The van der Waals surface area contributed by atoms with Crippen molar-refractivity contribution in [3.05, 3.63) is 21.3 Å². The van der Waals surface area contributed by atoms with E-state index in [4.69, 9.17) is 11.6 Å². The average molecular weight is 323 g/mol. The molecule has 1 fully saturated rings. The van der Waals surface area contributed by atoms with Crippen LogP contribution < -0.4 is 5.32 Å². The lowest BCUT2D eigenvalue weighted by Crippen LogP contribution is -2.44. The van der Waals surface area contributed by atoms with Crippen molar-refractivity contribution in [3.8, 4) is 0 Å². The number of aryl methyl sites for hydroxylation is 1. The van der Waals surface area contributed by atoms with Crippen LogP contribution in [0, 0.1) is 0 Å². The number of nitrogens with zero attached hydrogens (tertiary/aromatic N) is 1. The van der Waals surface area contributed by atoms with Crippen LogP contribution in [-0.2, 0) is 11.2 Å². The Bertz CT molecular complexity index is 405. The van der Waals surface area contributed by atoms with Gasteiger partial charge < -0.3 is 10.2 Å². The van der Waals surface area contributed by atoms with Crippen molar-refractivity contribution >= 4 is 41.3 Å². The fourth-order valence-electron chi connectivity index (χ4n) is 2.29. The maximum Gasteiger partial charge on any atom is 0.222 e. The molecule has 0 aliphatic carbocycles. The van der Waals surface area contributed by atoms with Crippen LogP contribution in [-0.4, -0.2) is 37.0 Å². The predicted molar refractivity (Wildman–Crippen MR) is 83.6 cm³/mol. The fraction of sp³-hybridized carbons (Fsp3) is 0.615. The first-order valence-corrected chi connectivity index (χ1v) is 7.57. The minimum absolute atomic E-state index is 0. The summed E-state index contributed by atoms with van der Waals surface area (Å²) in [5.74, 6) is 0.242. The Labute approximate surface area is 129 Å².